The summed E-state index contributed by atoms with van der Waals surface area (Å²) in [7, 11) is 0. The summed E-state index contributed by atoms with van der Waals surface area (Å²) in [5.74, 6) is -2.52. The van der Waals surface area contributed by atoms with Gasteiger partial charge >= 0.3 is 17.6 Å². The predicted octanol–water partition coefficient (Wildman–Crippen LogP) is -0.695. The van der Waals surface area contributed by atoms with E-state index in [1.165, 1.54) is 0 Å². The first kappa shape index (κ1) is 12.8. The first-order chi connectivity index (χ1) is 7.91. The Kier molecular flexibility index (Phi) is 3.91. The summed E-state index contributed by atoms with van der Waals surface area (Å²) in [6.07, 6.45) is 0.547. The fourth-order valence-corrected chi connectivity index (χ4v) is 1.31. The number of aromatic hydroxyl groups is 1. The summed E-state index contributed by atoms with van der Waals surface area (Å²) >= 11 is 0. The molecule has 0 bridgehead atoms. The van der Waals surface area contributed by atoms with Gasteiger partial charge in [-0.15, -0.1) is 0 Å². The van der Waals surface area contributed by atoms with Crippen LogP contribution in [0.4, 0.5) is 0 Å². The molecule has 1 heterocycles. The highest BCUT2D eigenvalue weighted by molar-refractivity contribution is 5.66. The third-order valence-electron chi connectivity index (χ3n) is 2.14. The smallest absolute Gasteiger partial charge is 0.331 e. The fourth-order valence-electron chi connectivity index (χ4n) is 1.31. The standard InChI is InChI=1S/C9H12N2O6/c12-6-5-10(3-1-7(13)14)9(17)11(6)4-2-8(15)16/h5,12H,1-4H2,(H,13,14)(H,15,16). The number of aryl methyl sites for hydroxylation is 1. The number of nitrogens with zero attached hydrogens (tertiary/aromatic N) is 2. The summed E-state index contributed by atoms with van der Waals surface area (Å²) in [5.41, 5.74) is -0.620. The predicted molar refractivity (Wildman–Crippen MR) is 54.9 cm³/mol. The minimum atomic E-state index is -1.09. The van der Waals surface area contributed by atoms with Crippen molar-refractivity contribution in [3.05, 3.63) is 16.7 Å². The summed E-state index contributed by atoms with van der Waals surface area (Å²) < 4.78 is 1.92. The van der Waals surface area contributed by atoms with Crippen molar-refractivity contribution in [2.45, 2.75) is 25.9 Å². The second kappa shape index (κ2) is 5.19. The van der Waals surface area contributed by atoms with E-state index in [0.717, 1.165) is 15.3 Å². The highest BCUT2D eigenvalue weighted by Gasteiger charge is 2.12. The van der Waals surface area contributed by atoms with Crippen molar-refractivity contribution in [1.82, 2.24) is 9.13 Å². The van der Waals surface area contributed by atoms with Crippen LogP contribution in [-0.2, 0) is 22.7 Å². The number of hydrogen-bond acceptors (Lipinski definition) is 4. The number of imidazole rings is 1. The van der Waals surface area contributed by atoms with Crippen LogP contribution in [0.1, 0.15) is 12.8 Å². The summed E-state index contributed by atoms with van der Waals surface area (Å²) in [6, 6.07) is 0. The average molecular weight is 244 g/mol. The molecule has 8 nitrogen and oxygen atoms in total. The van der Waals surface area contributed by atoms with Gasteiger partial charge in [0.05, 0.1) is 19.0 Å². The van der Waals surface area contributed by atoms with E-state index in [4.69, 9.17) is 10.2 Å². The number of rotatable bonds is 6. The van der Waals surface area contributed by atoms with Crippen LogP contribution in [0.25, 0.3) is 0 Å². The number of carbonyl (C=O) groups is 2. The summed E-state index contributed by atoms with van der Waals surface area (Å²) in [4.78, 5) is 32.3. The molecular formula is C9H12N2O6. The Bertz CT molecular complexity index is 486. The first-order valence-corrected chi connectivity index (χ1v) is 4.84. The van der Waals surface area contributed by atoms with Crippen LogP contribution in [0.5, 0.6) is 5.88 Å². The third kappa shape index (κ3) is 3.37. The monoisotopic (exact) mass is 244 g/mol. The van der Waals surface area contributed by atoms with Crippen LogP contribution >= 0.6 is 0 Å². The van der Waals surface area contributed by atoms with Crippen LogP contribution < -0.4 is 5.69 Å². The average Bonchev–Trinajstić information content (AvgIpc) is 2.48. The van der Waals surface area contributed by atoms with E-state index < -0.39 is 17.6 Å². The lowest BCUT2D eigenvalue weighted by Gasteiger charge is -1.99. The molecule has 0 aliphatic carbocycles. The zero-order chi connectivity index (χ0) is 13.0. The topological polar surface area (TPSA) is 122 Å². The van der Waals surface area contributed by atoms with Crippen molar-refractivity contribution >= 4 is 11.9 Å². The lowest BCUT2D eigenvalue weighted by molar-refractivity contribution is -0.138. The molecule has 0 radical (unpaired) electrons. The van der Waals surface area contributed by atoms with Gasteiger partial charge in [-0.3, -0.25) is 18.7 Å². The molecule has 0 aliphatic rings. The molecule has 94 valence electrons. The van der Waals surface area contributed by atoms with Gasteiger partial charge in [0, 0.05) is 13.1 Å². The lowest BCUT2D eigenvalue weighted by atomic mass is 10.4. The maximum absolute atomic E-state index is 11.6. The minimum absolute atomic E-state index is 0.0677. The van der Waals surface area contributed by atoms with Crippen LogP contribution in [-0.4, -0.2) is 36.4 Å². The molecule has 0 aromatic carbocycles. The zero-order valence-corrected chi connectivity index (χ0v) is 8.87. The molecule has 0 unspecified atom stereocenters. The van der Waals surface area contributed by atoms with E-state index in [-0.39, 0.29) is 31.8 Å². The molecular weight excluding hydrogens is 232 g/mol. The van der Waals surface area contributed by atoms with E-state index in [2.05, 4.69) is 0 Å². The van der Waals surface area contributed by atoms with Crippen molar-refractivity contribution in [2.24, 2.45) is 0 Å². The number of carboxylic acid groups (broad SMARTS) is 2. The molecule has 0 saturated heterocycles. The molecule has 3 N–H and O–H groups in total. The Morgan fingerprint density at radius 3 is 2.18 bits per heavy atom. The van der Waals surface area contributed by atoms with Crippen LogP contribution in [0.15, 0.2) is 11.0 Å². The molecule has 17 heavy (non-hydrogen) atoms. The van der Waals surface area contributed by atoms with Gasteiger partial charge in [-0.1, -0.05) is 0 Å². The van der Waals surface area contributed by atoms with E-state index in [1.54, 1.807) is 0 Å². The summed E-state index contributed by atoms with van der Waals surface area (Å²) in [5, 5.41) is 26.3. The molecule has 0 saturated carbocycles. The fraction of sp³-hybridized carbons (Fsp3) is 0.444. The number of aromatic nitrogens is 2. The Labute approximate surface area is 95.3 Å². The van der Waals surface area contributed by atoms with Gasteiger partial charge in [0.1, 0.15) is 0 Å². The maximum atomic E-state index is 11.6. The summed E-state index contributed by atoms with van der Waals surface area (Å²) in [6.45, 7) is -0.220. The Hall–Kier alpha value is -2.25. The number of carboxylic acids is 2. The molecule has 8 heteroatoms. The van der Waals surface area contributed by atoms with Crippen molar-refractivity contribution in [2.75, 3.05) is 0 Å². The van der Waals surface area contributed by atoms with E-state index in [1.807, 2.05) is 0 Å². The first-order valence-electron chi connectivity index (χ1n) is 4.84. The van der Waals surface area contributed by atoms with Gasteiger partial charge in [-0.2, -0.15) is 0 Å². The highest BCUT2D eigenvalue weighted by atomic mass is 16.4. The molecule has 1 aromatic rings. The Balaban J connectivity index is 2.82. The SMILES string of the molecule is O=C(O)CCn1cc(O)n(CCC(=O)O)c1=O. The Morgan fingerprint density at radius 2 is 1.65 bits per heavy atom. The normalized spacial score (nSPS) is 10.4. The van der Waals surface area contributed by atoms with Gasteiger partial charge in [0.25, 0.3) is 0 Å². The quantitative estimate of drug-likeness (QED) is 0.608. The third-order valence-corrected chi connectivity index (χ3v) is 2.14. The van der Waals surface area contributed by atoms with Crippen LogP contribution in [0.2, 0.25) is 0 Å². The van der Waals surface area contributed by atoms with Gasteiger partial charge in [-0.05, 0) is 0 Å². The molecule has 0 amide bonds. The molecule has 0 atom stereocenters. The molecule has 1 aromatic heterocycles. The van der Waals surface area contributed by atoms with Gasteiger partial charge < -0.3 is 15.3 Å². The second-order valence-corrected chi connectivity index (χ2v) is 3.40. The second-order valence-electron chi connectivity index (χ2n) is 3.40. The zero-order valence-electron chi connectivity index (χ0n) is 8.87. The molecule has 0 fully saturated rings. The van der Waals surface area contributed by atoms with Crippen molar-refractivity contribution in [3.63, 3.8) is 0 Å². The van der Waals surface area contributed by atoms with Gasteiger partial charge in [0.15, 0.2) is 0 Å². The van der Waals surface area contributed by atoms with Crippen molar-refractivity contribution < 1.29 is 24.9 Å². The Morgan fingerprint density at radius 1 is 1.12 bits per heavy atom. The highest BCUT2D eigenvalue weighted by Crippen LogP contribution is 2.07. The van der Waals surface area contributed by atoms with Gasteiger partial charge in [-0.25, -0.2) is 4.79 Å². The number of aliphatic carboxylic acids is 2. The van der Waals surface area contributed by atoms with Crippen LogP contribution in [0, 0.1) is 0 Å². The van der Waals surface area contributed by atoms with Crippen LogP contribution in [0.3, 0.4) is 0 Å². The van der Waals surface area contributed by atoms with Crippen molar-refractivity contribution in [1.29, 1.82) is 0 Å². The van der Waals surface area contributed by atoms with E-state index in [9.17, 15) is 19.5 Å². The largest absolute Gasteiger partial charge is 0.493 e. The maximum Gasteiger partial charge on any atom is 0.331 e. The van der Waals surface area contributed by atoms with E-state index in [0.29, 0.717) is 0 Å². The molecule has 1 rings (SSSR count). The van der Waals surface area contributed by atoms with Gasteiger partial charge in [0.2, 0.25) is 5.88 Å². The molecule has 0 aliphatic heterocycles. The lowest BCUT2D eigenvalue weighted by Crippen LogP contribution is -2.25. The number of hydrogen-bond donors (Lipinski definition) is 3. The van der Waals surface area contributed by atoms with E-state index >= 15 is 0 Å². The van der Waals surface area contributed by atoms with Crippen molar-refractivity contribution in [3.8, 4) is 5.88 Å². The molecule has 0 spiro atoms. The minimum Gasteiger partial charge on any atom is -0.493 e.